The Morgan fingerprint density at radius 3 is 2.83 bits per heavy atom. The number of pyridine rings is 1. The molecule has 0 aliphatic heterocycles. The quantitative estimate of drug-likeness (QED) is 0.810. The second-order valence-electron chi connectivity index (χ2n) is 3.83. The van der Waals surface area contributed by atoms with Gasteiger partial charge < -0.3 is 10.2 Å². The molecule has 0 bridgehead atoms. The molecule has 0 spiro atoms. The lowest BCUT2D eigenvalue weighted by Crippen LogP contribution is -2.37. The number of hydrogen-bond donors (Lipinski definition) is 1. The highest BCUT2D eigenvalue weighted by atomic mass is 16.2. The van der Waals surface area contributed by atoms with Gasteiger partial charge in [0.05, 0.1) is 6.54 Å². The third-order valence-corrected chi connectivity index (χ3v) is 2.66. The summed E-state index contributed by atoms with van der Waals surface area (Å²) < 4.78 is 0. The molecule has 5 nitrogen and oxygen atoms in total. The summed E-state index contributed by atoms with van der Waals surface area (Å²) in [7, 11) is 0. The van der Waals surface area contributed by atoms with Crippen LogP contribution >= 0.6 is 0 Å². The van der Waals surface area contributed by atoms with Crippen LogP contribution in [0.3, 0.4) is 0 Å². The van der Waals surface area contributed by atoms with Crippen LogP contribution in [0.2, 0.25) is 0 Å². The molecule has 1 aromatic rings. The standard InChI is InChI=1S/C13H18N4O/c1-3-17(4-2)13(18)10-15-9-11-5-6-16-12(7-11)8-14/h5-7,15H,3-4,9-10H2,1-2H3. The van der Waals surface area contributed by atoms with Gasteiger partial charge in [0.2, 0.25) is 5.91 Å². The summed E-state index contributed by atoms with van der Waals surface area (Å²) in [4.78, 5) is 17.4. The fourth-order valence-electron chi connectivity index (χ4n) is 1.65. The van der Waals surface area contributed by atoms with Crippen molar-refractivity contribution in [3.05, 3.63) is 29.6 Å². The van der Waals surface area contributed by atoms with E-state index in [1.165, 1.54) is 0 Å². The van der Waals surface area contributed by atoms with Gasteiger partial charge in [0.15, 0.2) is 0 Å². The Labute approximate surface area is 107 Å². The van der Waals surface area contributed by atoms with Crippen molar-refractivity contribution >= 4 is 5.91 Å². The number of amides is 1. The average molecular weight is 246 g/mol. The summed E-state index contributed by atoms with van der Waals surface area (Å²) in [5, 5.41) is 11.8. The Balaban J connectivity index is 2.42. The lowest BCUT2D eigenvalue weighted by atomic mass is 10.2. The molecule has 1 rings (SSSR count). The van der Waals surface area contributed by atoms with Crippen LogP contribution in [0.25, 0.3) is 0 Å². The van der Waals surface area contributed by atoms with E-state index in [9.17, 15) is 4.79 Å². The van der Waals surface area contributed by atoms with Crippen LogP contribution < -0.4 is 5.32 Å². The summed E-state index contributed by atoms with van der Waals surface area (Å²) >= 11 is 0. The lowest BCUT2D eigenvalue weighted by molar-refractivity contribution is -0.129. The molecule has 96 valence electrons. The molecule has 1 heterocycles. The SMILES string of the molecule is CCN(CC)C(=O)CNCc1ccnc(C#N)c1. The minimum absolute atomic E-state index is 0.0922. The predicted octanol–water partition coefficient (Wildman–Crippen LogP) is 0.911. The molecule has 5 heteroatoms. The highest BCUT2D eigenvalue weighted by Gasteiger charge is 2.08. The number of nitriles is 1. The number of hydrogen-bond acceptors (Lipinski definition) is 4. The molecule has 0 saturated heterocycles. The molecular weight excluding hydrogens is 228 g/mol. The third-order valence-electron chi connectivity index (χ3n) is 2.66. The predicted molar refractivity (Wildman–Crippen MR) is 68.6 cm³/mol. The highest BCUT2D eigenvalue weighted by Crippen LogP contribution is 2.00. The van der Waals surface area contributed by atoms with Gasteiger partial charge in [-0.2, -0.15) is 5.26 Å². The summed E-state index contributed by atoms with van der Waals surface area (Å²) in [6.07, 6.45) is 1.60. The third kappa shape index (κ3) is 4.15. The zero-order chi connectivity index (χ0) is 13.4. The first-order chi connectivity index (χ1) is 8.71. The molecule has 0 fully saturated rings. The van der Waals surface area contributed by atoms with Crippen LogP contribution in [0, 0.1) is 11.3 Å². The topological polar surface area (TPSA) is 69.0 Å². The van der Waals surface area contributed by atoms with Crippen molar-refractivity contribution < 1.29 is 4.79 Å². The Morgan fingerprint density at radius 1 is 1.50 bits per heavy atom. The summed E-state index contributed by atoms with van der Waals surface area (Å²) in [6.45, 7) is 6.25. The second-order valence-corrected chi connectivity index (χ2v) is 3.83. The highest BCUT2D eigenvalue weighted by molar-refractivity contribution is 5.78. The van der Waals surface area contributed by atoms with E-state index >= 15 is 0 Å². The van der Waals surface area contributed by atoms with E-state index in [1.807, 2.05) is 26.0 Å². The molecule has 1 N–H and O–H groups in total. The zero-order valence-electron chi connectivity index (χ0n) is 10.8. The van der Waals surface area contributed by atoms with Crippen LogP contribution in [0.4, 0.5) is 0 Å². The fraction of sp³-hybridized carbons (Fsp3) is 0.462. The van der Waals surface area contributed by atoms with Gasteiger partial charge in [-0.25, -0.2) is 4.98 Å². The maximum absolute atomic E-state index is 11.7. The van der Waals surface area contributed by atoms with Crippen molar-refractivity contribution in [1.29, 1.82) is 5.26 Å². The van der Waals surface area contributed by atoms with Gasteiger partial charge in [0.1, 0.15) is 11.8 Å². The first kappa shape index (κ1) is 14.1. The normalized spacial score (nSPS) is 9.83. The molecule has 0 unspecified atom stereocenters. The van der Waals surface area contributed by atoms with E-state index in [-0.39, 0.29) is 5.91 Å². The largest absolute Gasteiger partial charge is 0.342 e. The van der Waals surface area contributed by atoms with Crippen molar-refractivity contribution in [2.24, 2.45) is 0 Å². The average Bonchev–Trinajstić information content (AvgIpc) is 2.40. The minimum atomic E-state index is 0.0922. The second kappa shape index (κ2) is 7.41. The smallest absolute Gasteiger partial charge is 0.236 e. The van der Waals surface area contributed by atoms with Crippen LogP contribution in [-0.4, -0.2) is 35.4 Å². The van der Waals surface area contributed by atoms with Crippen molar-refractivity contribution in [3.8, 4) is 6.07 Å². The Morgan fingerprint density at radius 2 is 2.22 bits per heavy atom. The van der Waals surface area contributed by atoms with E-state index in [1.54, 1.807) is 17.2 Å². The minimum Gasteiger partial charge on any atom is -0.342 e. The maximum Gasteiger partial charge on any atom is 0.236 e. The number of nitrogens with zero attached hydrogens (tertiary/aromatic N) is 3. The summed E-state index contributed by atoms with van der Waals surface area (Å²) in [5.74, 6) is 0.0922. The summed E-state index contributed by atoms with van der Waals surface area (Å²) in [5.41, 5.74) is 1.35. The molecule has 0 atom stereocenters. The van der Waals surface area contributed by atoms with Gasteiger partial charge in [-0.3, -0.25) is 4.79 Å². The first-order valence-corrected chi connectivity index (χ1v) is 6.04. The molecule has 1 aromatic heterocycles. The monoisotopic (exact) mass is 246 g/mol. The molecule has 0 aliphatic carbocycles. The molecule has 0 radical (unpaired) electrons. The van der Waals surface area contributed by atoms with Crippen LogP contribution in [0.5, 0.6) is 0 Å². The molecular formula is C13H18N4O. The van der Waals surface area contributed by atoms with E-state index in [0.29, 0.717) is 18.8 Å². The Hall–Kier alpha value is -1.93. The zero-order valence-corrected chi connectivity index (χ0v) is 10.8. The van der Waals surface area contributed by atoms with Gasteiger partial charge in [-0.05, 0) is 31.5 Å². The lowest BCUT2D eigenvalue weighted by Gasteiger charge is -2.18. The van der Waals surface area contributed by atoms with Crippen LogP contribution in [-0.2, 0) is 11.3 Å². The first-order valence-electron chi connectivity index (χ1n) is 6.04. The number of aromatic nitrogens is 1. The van der Waals surface area contributed by atoms with Crippen LogP contribution in [0.15, 0.2) is 18.3 Å². The number of rotatable bonds is 6. The van der Waals surface area contributed by atoms with E-state index in [2.05, 4.69) is 10.3 Å². The number of likely N-dealkylation sites (N-methyl/N-ethyl adjacent to an activating group) is 1. The van der Waals surface area contributed by atoms with Gasteiger partial charge in [0, 0.05) is 25.8 Å². The Bertz CT molecular complexity index is 435. The van der Waals surface area contributed by atoms with Crippen molar-refractivity contribution in [3.63, 3.8) is 0 Å². The van der Waals surface area contributed by atoms with Gasteiger partial charge in [-0.15, -0.1) is 0 Å². The number of carbonyl (C=O) groups is 1. The molecule has 0 aromatic carbocycles. The van der Waals surface area contributed by atoms with E-state index in [4.69, 9.17) is 5.26 Å². The number of carbonyl (C=O) groups excluding carboxylic acids is 1. The van der Waals surface area contributed by atoms with Gasteiger partial charge in [-0.1, -0.05) is 0 Å². The van der Waals surface area contributed by atoms with Crippen molar-refractivity contribution in [2.75, 3.05) is 19.6 Å². The fourth-order valence-corrected chi connectivity index (χ4v) is 1.65. The molecule has 1 amide bonds. The van der Waals surface area contributed by atoms with Crippen LogP contribution in [0.1, 0.15) is 25.1 Å². The molecule has 0 aliphatic rings. The maximum atomic E-state index is 11.7. The number of nitrogens with one attached hydrogen (secondary N) is 1. The van der Waals surface area contributed by atoms with Gasteiger partial charge >= 0.3 is 0 Å². The summed E-state index contributed by atoms with van der Waals surface area (Å²) in [6, 6.07) is 5.54. The molecule has 18 heavy (non-hydrogen) atoms. The van der Waals surface area contributed by atoms with E-state index < -0.39 is 0 Å². The van der Waals surface area contributed by atoms with Crippen molar-refractivity contribution in [1.82, 2.24) is 15.2 Å². The van der Waals surface area contributed by atoms with Crippen molar-refractivity contribution in [2.45, 2.75) is 20.4 Å². The van der Waals surface area contributed by atoms with E-state index in [0.717, 1.165) is 18.7 Å². The molecule has 0 saturated carbocycles. The van der Waals surface area contributed by atoms with Gasteiger partial charge in [0.25, 0.3) is 0 Å². The Kier molecular flexibility index (Phi) is 5.81.